The molecule has 1 amide bonds. The van der Waals surface area contributed by atoms with E-state index < -0.39 is 6.04 Å². The van der Waals surface area contributed by atoms with Crippen LogP contribution in [0.15, 0.2) is 24.3 Å². The van der Waals surface area contributed by atoms with Crippen LogP contribution in [0.4, 0.5) is 0 Å². The number of nitrogens with zero attached hydrogens (tertiary/aromatic N) is 1. The van der Waals surface area contributed by atoms with Crippen molar-refractivity contribution in [2.75, 3.05) is 19.8 Å². The highest BCUT2D eigenvalue weighted by Gasteiger charge is 2.35. The molecule has 0 radical (unpaired) electrons. The van der Waals surface area contributed by atoms with Gasteiger partial charge in [-0.3, -0.25) is 4.79 Å². The number of hydrogen-bond acceptors (Lipinski definition) is 3. The minimum absolute atomic E-state index is 0.0426. The van der Waals surface area contributed by atoms with Crippen molar-refractivity contribution in [2.24, 2.45) is 5.73 Å². The van der Waals surface area contributed by atoms with Crippen molar-refractivity contribution in [1.82, 2.24) is 4.90 Å². The van der Waals surface area contributed by atoms with Crippen molar-refractivity contribution >= 4 is 5.91 Å². The second kappa shape index (κ2) is 4.13. The van der Waals surface area contributed by atoms with Crippen LogP contribution in [-0.2, 0) is 16.0 Å². The zero-order valence-corrected chi connectivity index (χ0v) is 9.63. The maximum atomic E-state index is 12.2. The Morgan fingerprint density at radius 2 is 2.18 bits per heavy atom. The average Bonchev–Trinajstić information content (AvgIpc) is 2.48. The lowest BCUT2D eigenvalue weighted by Crippen LogP contribution is -2.49. The predicted octanol–water partition coefficient (Wildman–Crippen LogP) is 0.470. The Kier molecular flexibility index (Phi) is 2.61. The summed E-state index contributed by atoms with van der Waals surface area (Å²) in [5.41, 5.74) is 8.33. The summed E-state index contributed by atoms with van der Waals surface area (Å²) in [6.07, 6.45) is 0.627. The summed E-state index contributed by atoms with van der Waals surface area (Å²) >= 11 is 0. The molecule has 1 aromatic rings. The van der Waals surface area contributed by atoms with Crippen LogP contribution >= 0.6 is 0 Å². The third-order valence-corrected chi connectivity index (χ3v) is 3.58. The fourth-order valence-electron chi connectivity index (χ4n) is 2.71. The zero-order valence-electron chi connectivity index (χ0n) is 9.63. The quantitative estimate of drug-likeness (QED) is 0.707. The molecule has 2 unspecified atom stereocenters. The molecule has 1 saturated heterocycles. The molecule has 2 aliphatic heterocycles. The molecule has 4 nitrogen and oxygen atoms in total. The van der Waals surface area contributed by atoms with E-state index in [1.54, 1.807) is 0 Å². The average molecular weight is 232 g/mol. The van der Waals surface area contributed by atoms with Crippen LogP contribution in [0.25, 0.3) is 0 Å². The number of benzene rings is 1. The van der Waals surface area contributed by atoms with Crippen LogP contribution in [0.3, 0.4) is 0 Å². The Hall–Kier alpha value is -1.39. The van der Waals surface area contributed by atoms with Crippen molar-refractivity contribution in [1.29, 1.82) is 0 Å². The molecule has 2 atom stereocenters. The van der Waals surface area contributed by atoms with E-state index in [0.29, 0.717) is 26.2 Å². The molecule has 0 bridgehead atoms. The number of amides is 1. The maximum Gasteiger partial charge on any atom is 0.240 e. The first kappa shape index (κ1) is 10.7. The number of carbonyl (C=O) groups is 1. The van der Waals surface area contributed by atoms with Crippen molar-refractivity contribution in [3.05, 3.63) is 35.4 Å². The molecule has 0 spiro atoms. The summed E-state index contributed by atoms with van der Waals surface area (Å²) in [6.45, 7) is 1.83. The number of hydrogen-bond donors (Lipinski definition) is 1. The van der Waals surface area contributed by atoms with E-state index >= 15 is 0 Å². The second-order valence-electron chi connectivity index (χ2n) is 4.63. The molecular formula is C13H16N2O2. The molecule has 2 N–H and O–H groups in total. The highest BCUT2D eigenvalue weighted by atomic mass is 16.5. The standard InChI is InChI=1S/C13H16N2O2/c14-11-7-9-3-1-2-4-10(9)12-8-17-6-5-15(12)13(11)16/h1-4,11-12H,5-8,14H2. The van der Waals surface area contributed by atoms with Crippen LogP contribution in [0.5, 0.6) is 0 Å². The van der Waals surface area contributed by atoms with Gasteiger partial charge < -0.3 is 15.4 Å². The number of carbonyl (C=O) groups excluding carboxylic acids is 1. The van der Waals surface area contributed by atoms with Crippen LogP contribution in [0, 0.1) is 0 Å². The molecule has 2 heterocycles. The topological polar surface area (TPSA) is 55.6 Å². The van der Waals surface area contributed by atoms with E-state index in [1.807, 2.05) is 17.0 Å². The highest BCUT2D eigenvalue weighted by Crippen LogP contribution is 2.31. The van der Waals surface area contributed by atoms with E-state index in [0.717, 1.165) is 0 Å². The fourth-order valence-corrected chi connectivity index (χ4v) is 2.71. The van der Waals surface area contributed by atoms with Crippen LogP contribution in [0.2, 0.25) is 0 Å². The Morgan fingerprint density at radius 1 is 1.35 bits per heavy atom. The smallest absolute Gasteiger partial charge is 0.240 e. The van der Waals surface area contributed by atoms with Gasteiger partial charge in [0.1, 0.15) is 0 Å². The normalized spacial score (nSPS) is 28.3. The van der Waals surface area contributed by atoms with Gasteiger partial charge in [-0.2, -0.15) is 0 Å². The maximum absolute atomic E-state index is 12.2. The second-order valence-corrected chi connectivity index (χ2v) is 4.63. The lowest BCUT2D eigenvalue weighted by molar-refractivity contribution is -0.140. The summed E-state index contributed by atoms with van der Waals surface area (Å²) in [5.74, 6) is 0.0505. The molecule has 2 aliphatic rings. The molecule has 0 aromatic heterocycles. The Morgan fingerprint density at radius 3 is 3.06 bits per heavy atom. The van der Waals surface area contributed by atoms with Crippen LogP contribution in [-0.4, -0.2) is 36.6 Å². The molecule has 17 heavy (non-hydrogen) atoms. The van der Waals surface area contributed by atoms with Crippen molar-refractivity contribution in [3.63, 3.8) is 0 Å². The number of rotatable bonds is 0. The minimum Gasteiger partial charge on any atom is -0.377 e. The van der Waals surface area contributed by atoms with Gasteiger partial charge in [0.25, 0.3) is 0 Å². The first-order chi connectivity index (χ1) is 8.27. The van der Waals surface area contributed by atoms with E-state index in [4.69, 9.17) is 10.5 Å². The monoisotopic (exact) mass is 232 g/mol. The van der Waals surface area contributed by atoms with Gasteiger partial charge in [-0.1, -0.05) is 24.3 Å². The Bertz CT molecular complexity index is 447. The van der Waals surface area contributed by atoms with Crippen molar-refractivity contribution < 1.29 is 9.53 Å². The summed E-state index contributed by atoms with van der Waals surface area (Å²) in [5, 5.41) is 0. The predicted molar refractivity (Wildman–Crippen MR) is 63.4 cm³/mol. The summed E-state index contributed by atoms with van der Waals surface area (Å²) < 4.78 is 5.50. The lowest BCUT2D eigenvalue weighted by atomic mass is 9.98. The van der Waals surface area contributed by atoms with Gasteiger partial charge >= 0.3 is 0 Å². The number of morpholine rings is 1. The van der Waals surface area contributed by atoms with Crippen LogP contribution < -0.4 is 5.73 Å². The van der Waals surface area contributed by atoms with E-state index in [-0.39, 0.29) is 11.9 Å². The summed E-state index contributed by atoms with van der Waals surface area (Å²) in [6, 6.07) is 7.76. The van der Waals surface area contributed by atoms with E-state index in [1.165, 1.54) is 11.1 Å². The Labute approximate surface area is 100 Å². The number of ether oxygens (including phenoxy) is 1. The molecule has 1 fully saturated rings. The lowest BCUT2D eigenvalue weighted by Gasteiger charge is -2.35. The molecule has 3 rings (SSSR count). The number of nitrogens with two attached hydrogens (primary N) is 1. The van der Waals surface area contributed by atoms with Gasteiger partial charge in [0.15, 0.2) is 0 Å². The summed E-state index contributed by atoms with van der Waals surface area (Å²) in [7, 11) is 0. The minimum atomic E-state index is -0.417. The first-order valence-electron chi connectivity index (χ1n) is 5.99. The van der Waals surface area contributed by atoms with Gasteiger partial charge in [-0.05, 0) is 17.5 Å². The fraction of sp³-hybridized carbons (Fsp3) is 0.462. The molecular weight excluding hydrogens is 216 g/mol. The largest absolute Gasteiger partial charge is 0.377 e. The molecule has 0 saturated carbocycles. The van der Waals surface area contributed by atoms with Gasteiger partial charge in [0, 0.05) is 6.54 Å². The molecule has 4 heteroatoms. The van der Waals surface area contributed by atoms with Crippen LogP contribution in [0.1, 0.15) is 17.2 Å². The van der Waals surface area contributed by atoms with Gasteiger partial charge in [0.2, 0.25) is 5.91 Å². The van der Waals surface area contributed by atoms with E-state index in [2.05, 4.69) is 12.1 Å². The third kappa shape index (κ3) is 1.73. The van der Waals surface area contributed by atoms with Crippen molar-refractivity contribution in [3.8, 4) is 0 Å². The molecule has 0 aliphatic carbocycles. The molecule has 90 valence electrons. The van der Waals surface area contributed by atoms with E-state index in [9.17, 15) is 4.79 Å². The third-order valence-electron chi connectivity index (χ3n) is 3.58. The van der Waals surface area contributed by atoms with Gasteiger partial charge in [-0.15, -0.1) is 0 Å². The Balaban J connectivity index is 2.07. The number of fused-ring (bicyclic) bond motifs is 3. The summed E-state index contributed by atoms with van der Waals surface area (Å²) in [4.78, 5) is 14.1. The van der Waals surface area contributed by atoms with Gasteiger partial charge in [0.05, 0.1) is 25.3 Å². The molecule has 1 aromatic carbocycles. The van der Waals surface area contributed by atoms with Crippen molar-refractivity contribution in [2.45, 2.75) is 18.5 Å². The SMILES string of the molecule is NC1Cc2ccccc2C2COCCN2C1=O. The highest BCUT2D eigenvalue weighted by molar-refractivity contribution is 5.83. The first-order valence-corrected chi connectivity index (χ1v) is 5.99. The zero-order chi connectivity index (χ0) is 11.8. The van der Waals surface area contributed by atoms with Gasteiger partial charge in [-0.25, -0.2) is 0 Å².